The van der Waals surface area contributed by atoms with Crippen LogP contribution in [0.25, 0.3) is 5.65 Å². The Morgan fingerprint density at radius 3 is 2.96 bits per heavy atom. The molecule has 0 radical (unpaired) electrons. The number of piperidine rings is 1. The van der Waals surface area contributed by atoms with E-state index in [-0.39, 0.29) is 5.91 Å². The van der Waals surface area contributed by atoms with Crippen LogP contribution in [0.3, 0.4) is 0 Å². The summed E-state index contributed by atoms with van der Waals surface area (Å²) >= 11 is 0. The second-order valence-corrected chi connectivity index (χ2v) is 7.43. The van der Waals surface area contributed by atoms with Gasteiger partial charge in [0, 0.05) is 44.6 Å². The summed E-state index contributed by atoms with van der Waals surface area (Å²) in [7, 11) is 0. The molecule has 2 aliphatic rings. The van der Waals surface area contributed by atoms with E-state index in [4.69, 9.17) is 4.74 Å². The monoisotopic (exact) mass is 356 g/mol. The highest BCUT2D eigenvalue weighted by Gasteiger charge is 2.29. The van der Waals surface area contributed by atoms with Gasteiger partial charge in [-0.25, -0.2) is 4.98 Å². The zero-order chi connectivity index (χ0) is 17.9. The Hall–Kier alpha value is -1.92. The van der Waals surface area contributed by atoms with Crippen molar-refractivity contribution in [3.05, 3.63) is 35.8 Å². The van der Waals surface area contributed by atoms with E-state index in [1.165, 1.54) is 6.42 Å². The molecule has 0 saturated carbocycles. The second-order valence-electron chi connectivity index (χ2n) is 7.43. The number of hydrogen-bond acceptors (Lipinski definition) is 4. The first-order valence-electron chi connectivity index (χ1n) is 9.78. The first kappa shape index (κ1) is 17.5. The number of fused-ring (bicyclic) bond motifs is 1. The van der Waals surface area contributed by atoms with Crippen molar-refractivity contribution < 1.29 is 9.53 Å². The lowest BCUT2D eigenvalue weighted by Gasteiger charge is -2.37. The van der Waals surface area contributed by atoms with Crippen LogP contribution in [0.2, 0.25) is 0 Å². The van der Waals surface area contributed by atoms with Crippen molar-refractivity contribution in [3.63, 3.8) is 0 Å². The lowest BCUT2D eigenvalue weighted by Crippen LogP contribution is -2.46. The summed E-state index contributed by atoms with van der Waals surface area (Å²) in [6, 6.07) is 4.18. The number of likely N-dealkylation sites (tertiary alicyclic amines) is 1. The minimum Gasteiger partial charge on any atom is -0.379 e. The first-order valence-corrected chi connectivity index (χ1v) is 9.78. The number of morpholine rings is 1. The molecule has 6 nitrogen and oxygen atoms in total. The van der Waals surface area contributed by atoms with Crippen LogP contribution in [0.1, 0.15) is 41.7 Å². The Balaban J connectivity index is 1.50. The normalized spacial score (nSPS) is 22.0. The number of pyridine rings is 1. The average molecular weight is 356 g/mol. The quantitative estimate of drug-likeness (QED) is 0.844. The number of hydrogen-bond donors (Lipinski definition) is 0. The molecule has 6 heteroatoms. The van der Waals surface area contributed by atoms with E-state index >= 15 is 0 Å². The molecule has 0 aromatic carbocycles. The van der Waals surface area contributed by atoms with E-state index in [0.29, 0.717) is 6.04 Å². The van der Waals surface area contributed by atoms with Crippen molar-refractivity contribution >= 4 is 11.6 Å². The molecule has 4 heterocycles. The number of rotatable bonds is 4. The van der Waals surface area contributed by atoms with Crippen molar-refractivity contribution in [2.24, 2.45) is 0 Å². The van der Waals surface area contributed by atoms with Crippen molar-refractivity contribution in [2.45, 2.75) is 38.6 Å². The number of imidazole rings is 1. The van der Waals surface area contributed by atoms with Gasteiger partial charge in [-0.3, -0.25) is 9.69 Å². The summed E-state index contributed by atoms with van der Waals surface area (Å²) in [5.74, 6) is 0.132. The summed E-state index contributed by atoms with van der Waals surface area (Å²) in [4.78, 5) is 22.4. The number of amides is 1. The lowest BCUT2D eigenvalue weighted by molar-refractivity contribution is 0.0296. The summed E-state index contributed by atoms with van der Waals surface area (Å²) in [6.45, 7) is 7.54. The molecule has 1 atom stereocenters. The highest BCUT2D eigenvalue weighted by atomic mass is 16.5. The molecule has 2 fully saturated rings. The standard InChI is InChI=1S/C20H28N4O2/c1-16-15-23-8-4-6-18(19(23)21-16)20(25)24-9-3-2-5-17(24)7-10-22-11-13-26-14-12-22/h4,6,8,15,17H,2-3,5,7,9-14H2,1H3/t17-/m1/s1. The molecule has 2 aromatic heterocycles. The molecule has 0 unspecified atom stereocenters. The number of nitrogens with zero attached hydrogens (tertiary/aromatic N) is 4. The fourth-order valence-corrected chi connectivity index (χ4v) is 4.18. The molecule has 2 saturated heterocycles. The topological polar surface area (TPSA) is 50.1 Å². The highest BCUT2D eigenvalue weighted by molar-refractivity contribution is 6.00. The summed E-state index contributed by atoms with van der Waals surface area (Å²) in [5, 5.41) is 0. The average Bonchev–Trinajstić information content (AvgIpc) is 3.07. The molecular weight excluding hydrogens is 328 g/mol. The van der Waals surface area contributed by atoms with Gasteiger partial charge in [0.2, 0.25) is 0 Å². The molecule has 26 heavy (non-hydrogen) atoms. The highest BCUT2D eigenvalue weighted by Crippen LogP contribution is 2.24. The van der Waals surface area contributed by atoms with Gasteiger partial charge in [0.15, 0.2) is 0 Å². The molecule has 0 N–H and O–H groups in total. The number of ether oxygens (including phenoxy) is 1. The molecule has 2 aliphatic heterocycles. The summed E-state index contributed by atoms with van der Waals surface area (Å²) < 4.78 is 7.39. The first-order chi connectivity index (χ1) is 12.7. The van der Waals surface area contributed by atoms with Gasteiger partial charge in [-0.1, -0.05) is 0 Å². The van der Waals surface area contributed by atoms with Crippen LogP contribution in [0.5, 0.6) is 0 Å². The van der Waals surface area contributed by atoms with E-state index in [1.54, 1.807) is 0 Å². The van der Waals surface area contributed by atoms with Gasteiger partial charge in [0.25, 0.3) is 5.91 Å². The third-order valence-electron chi connectivity index (χ3n) is 5.60. The van der Waals surface area contributed by atoms with Crippen LogP contribution in [0, 0.1) is 6.92 Å². The number of aromatic nitrogens is 2. The van der Waals surface area contributed by atoms with Crippen LogP contribution in [0.4, 0.5) is 0 Å². The van der Waals surface area contributed by atoms with Gasteiger partial charge in [0.1, 0.15) is 5.65 Å². The Morgan fingerprint density at radius 1 is 1.27 bits per heavy atom. The van der Waals surface area contributed by atoms with Gasteiger partial charge in [-0.15, -0.1) is 0 Å². The van der Waals surface area contributed by atoms with Gasteiger partial charge < -0.3 is 14.0 Å². The zero-order valence-corrected chi connectivity index (χ0v) is 15.6. The van der Waals surface area contributed by atoms with Crippen LogP contribution in [-0.4, -0.2) is 70.5 Å². The van der Waals surface area contributed by atoms with Gasteiger partial charge in [0.05, 0.1) is 24.5 Å². The predicted molar refractivity (Wildman–Crippen MR) is 100 cm³/mol. The number of carbonyl (C=O) groups is 1. The largest absolute Gasteiger partial charge is 0.379 e. The third kappa shape index (κ3) is 3.62. The van der Waals surface area contributed by atoms with E-state index in [2.05, 4.69) is 14.8 Å². The molecule has 0 spiro atoms. The van der Waals surface area contributed by atoms with Crippen molar-refractivity contribution in [2.75, 3.05) is 39.4 Å². The van der Waals surface area contributed by atoms with E-state index in [0.717, 1.165) is 75.6 Å². The molecule has 2 aromatic rings. The molecular formula is C20H28N4O2. The molecule has 4 rings (SSSR count). The van der Waals surface area contributed by atoms with Crippen molar-refractivity contribution in [1.29, 1.82) is 0 Å². The second kappa shape index (κ2) is 7.76. The van der Waals surface area contributed by atoms with E-state index in [1.807, 2.05) is 35.9 Å². The zero-order valence-electron chi connectivity index (χ0n) is 15.6. The lowest BCUT2D eigenvalue weighted by atomic mass is 9.98. The Labute approximate surface area is 154 Å². The molecule has 0 bridgehead atoms. The maximum atomic E-state index is 13.3. The number of aryl methyl sites for hydroxylation is 1. The molecule has 1 amide bonds. The molecule has 140 valence electrons. The third-order valence-corrected chi connectivity index (χ3v) is 5.60. The Morgan fingerprint density at radius 2 is 2.12 bits per heavy atom. The smallest absolute Gasteiger partial charge is 0.257 e. The van der Waals surface area contributed by atoms with Crippen LogP contribution < -0.4 is 0 Å². The Bertz CT molecular complexity index is 766. The van der Waals surface area contributed by atoms with Gasteiger partial charge in [-0.2, -0.15) is 0 Å². The fraction of sp³-hybridized carbons (Fsp3) is 0.600. The molecule has 0 aliphatic carbocycles. The predicted octanol–water partition coefficient (Wildman–Crippen LogP) is 2.36. The Kier molecular flexibility index (Phi) is 5.22. The summed E-state index contributed by atoms with van der Waals surface area (Å²) in [6.07, 6.45) is 8.38. The van der Waals surface area contributed by atoms with E-state index < -0.39 is 0 Å². The van der Waals surface area contributed by atoms with Crippen molar-refractivity contribution in [1.82, 2.24) is 19.2 Å². The summed E-state index contributed by atoms with van der Waals surface area (Å²) in [5.41, 5.74) is 2.43. The number of carbonyl (C=O) groups excluding carboxylic acids is 1. The minimum atomic E-state index is 0.132. The van der Waals surface area contributed by atoms with Crippen LogP contribution >= 0.6 is 0 Å². The van der Waals surface area contributed by atoms with Gasteiger partial charge in [-0.05, 0) is 44.7 Å². The van der Waals surface area contributed by atoms with Crippen molar-refractivity contribution in [3.8, 4) is 0 Å². The van der Waals surface area contributed by atoms with Gasteiger partial charge >= 0.3 is 0 Å². The maximum Gasteiger partial charge on any atom is 0.257 e. The SMILES string of the molecule is Cc1cn2cccc(C(=O)N3CCCC[C@@H]3CCN3CCOCC3)c2n1. The fourth-order valence-electron chi connectivity index (χ4n) is 4.18. The maximum absolute atomic E-state index is 13.3. The minimum absolute atomic E-state index is 0.132. The van der Waals surface area contributed by atoms with Crippen LogP contribution in [0.15, 0.2) is 24.5 Å². The van der Waals surface area contributed by atoms with E-state index in [9.17, 15) is 4.79 Å². The van der Waals surface area contributed by atoms with Crippen LogP contribution in [-0.2, 0) is 4.74 Å².